The van der Waals surface area contributed by atoms with E-state index >= 15 is 0 Å². The molecule has 138 valence electrons. The maximum absolute atomic E-state index is 12.3. The van der Waals surface area contributed by atoms with Crippen LogP contribution in [0.15, 0.2) is 30.3 Å². The van der Waals surface area contributed by atoms with Gasteiger partial charge in [0.2, 0.25) is 11.8 Å². The number of likely N-dealkylation sites (tertiary alicyclic amines) is 1. The predicted octanol–water partition coefficient (Wildman–Crippen LogP) is 2.11. The van der Waals surface area contributed by atoms with Gasteiger partial charge < -0.3 is 15.5 Å². The van der Waals surface area contributed by atoms with Crippen molar-refractivity contribution in [1.29, 1.82) is 0 Å². The number of benzene rings is 1. The van der Waals surface area contributed by atoms with E-state index in [4.69, 9.17) is 0 Å². The lowest BCUT2D eigenvalue weighted by molar-refractivity contribution is -0.136. The number of carbonyl (C=O) groups excluding carboxylic acids is 2. The zero-order valence-corrected chi connectivity index (χ0v) is 15.4. The molecule has 2 amide bonds. The summed E-state index contributed by atoms with van der Waals surface area (Å²) < 4.78 is 0. The molecule has 2 heterocycles. The van der Waals surface area contributed by atoms with Gasteiger partial charge in [-0.25, -0.2) is 0 Å². The maximum atomic E-state index is 12.3. The van der Waals surface area contributed by atoms with E-state index < -0.39 is 0 Å². The van der Waals surface area contributed by atoms with Crippen molar-refractivity contribution in [2.75, 3.05) is 19.6 Å². The Labute approximate surface area is 155 Å². The van der Waals surface area contributed by atoms with Gasteiger partial charge in [0.05, 0.1) is 0 Å². The molecule has 25 heavy (non-hydrogen) atoms. The summed E-state index contributed by atoms with van der Waals surface area (Å²) >= 11 is 0. The van der Waals surface area contributed by atoms with Crippen LogP contribution in [0.2, 0.25) is 0 Å². The molecule has 6 heteroatoms. The van der Waals surface area contributed by atoms with Crippen LogP contribution in [0.25, 0.3) is 0 Å². The SMILES string of the molecule is Cl.O=C(NCc1ccccc1)C1CCN(C(=O)CC2CCCN2)CC1. The standard InChI is InChI=1S/C19H27N3O2.ClH/c23-18(13-17-7-4-10-20-17)22-11-8-16(9-12-22)19(24)21-14-15-5-2-1-3-6-15;/h1-3,5-6,16-17,20H,4,7-14H2,(H,21,24);1H. The Balaban J connectivity index is 0.00000225. The minimum atomic E-state index is 0. The fraction of sp³-hybridized carbons (Fsp3) is 0.579. The molecule has 0 radical (unpaired) electrons. The Morgan fingerprint density at radius 1 is 1.12 bits per heavy atom. The minimum absolute atomic E-state index is 0. The molecule has 2 fully saturated rings. The van der Waals surface area contributed by atoms with E-state index in [2.05, 4.69) is 10.6 Å². The molecule has 3 rings (SSSR count). The topological polar surface area (TPSA) is 61.4 Å². The van der Waals surface area contributed by atoms with Crippen molar-refractivity contribution in [3.8, 4) is 0 Å². The predicted molar refractivity (Wildman–Crippen MR) is 100 cm³/mol. The Bertz CT molecular complexity index is 553. The second kappa shape index (κ2) is 9.78. The van der Waals surface area contributed by atoms with Crippen molar-refractivity contribution in [2.24, 2.45) is 5.92 Å². The first-order valence-corrected chi connectivity index (χ1v) is 9.05. The molecule has 1 aromatic rings. The quantitative estimate of drug-likeness (QED) is 0.840. The van der Waals surface area contributed by atoms with E-state index in [-0.39, 0.29) is 30.1 Å². The number of hydrogen-bond donors (Lipinski definition) is 2. The van der Waals surface area contributed by atoms with E-state index in [1.807, 2.05) is 35.2 Å². The van der Waals surface area contributed by atoms with Gasteiger partial charge in [-0.3, -0.25) is 9.59 Å². The molecule has 0 spiro atoms. The van der Waals surface area contributed by atoms with E-state index in [0.717, 1.165) is 31.4 Å². The first kappa shape index (κ1) is 19.7. The van der Waals surface area contributed by atoms with Gasteiger partial charge in [-0.2, -0.15) is 0 Å². The average Bonchev–Trinajstić information content (AvgIpc) is 3.13. The summed E-state index contributed by atoms with van der Waals surface area (Å²) in [7, 11) is 0. The number of hydrogen-bond acceptors (Lipinski definition) is 3. The maximum Gasteiger partial charge on any atom is 0.224 e. The molecule has 0 saturated carbocycles. The molecule has 2 aliphatic rings. The molecule has 0 aromatic heterocycles. The van der Waals surface area contributed by atoms with Crippen molar-refractivity contribution in [3.63, 3.8) is 0 Å². The van der Waals surface area contributed by atoms with E-state index in [1.54, 1.807) is 0 Å². The second-order valence-corrected chi connectivity index (χ2v) is 6.86. The van der Waals surface area contributed by atoms with Crippen LogP contribution in [0.1, 0.15) is 37.7 Å². The number of amides is 2. The molecule has 2 aliphatic heterocycles. The molecule has 0 aliphatic carbocycles. The third-order valence-corrected chi connectivity index (χ3v) is 5.11. The second-order valence-electron chi connectivity index (χ2n) is 6.86. The van der Waals surface area contributed by atoms with E-state index in [0.29, 0.717) is 32.1 Å². The number of nitrogens with one attached hydrogen (secondary N) is 2. The van der Waals surface area contributed by atoms with Gasteiger partial charge in [0.25, 0.3) is 0 Å². The lowest BCUT2D eigenvalue weighted by atomic mass is 9.95. The third kappa shape index (κ3) is 5.72. The monoisotopic (exact) mass is 365 g/mol. The highest BCUT2D eigenvalue weighted by atomic mass is 35.5. The van der Waals surface area contributed by atoms with Gasteiger partial charge in [0, 0.05) is 38.0 Å². The van der Waals surface area contributed by atoms with Gasteiger partial charge in [0.15, 0.2) is 0 Å². The summed E-state index contributed by atoms with van der Waals surface area (Å²) in [5.74, 6) is 0.378. The van der Waals surface area contributed by atoms with Crippen LogP contribution in [-0.4, -0.2) is 42.4 Å². The first-order valence-electron chi connectivity index (χ1n) is 9.05. The molecule has 2 N–H and O–H groups in total. The van der Waals surface area contributed by atoms with Gasteiger partial charge >= 0.3 is 0 Å². The normalized spacial score (nSPS) is 20.8. The molecule has 0 bridgehead atoms. The number of halogens is 1. The van der Waals surface area contributed by atoms with Gasteiger partial charge in [-0.1, -0.05) is 30.3 Å². The summed E-state index contributed by atoms with van der Waals surface area (Å²) in [6.07, 6.45) is 4.41. The van der Waals surface area contributed by atoms with Crippen LogP contribution in [0.4, 0.5) is 0 Å². The van der Waals surface area contributed by atoms with Crippen molar-refractivity contribution >= 4 is 24.2 Å². The van der Waals surface area contributed by atoms with Crippen molar-refractivity contribution < 1.29 is 9.59 Å². The highest BCUT2D eigenvalue weighted by molar-refractivity contribution is 5.85. The first-order chi connectivity index (χ1) is 11.7. The summed E-state index contributed by atoms with van der Waals surface area (Å²) in [4.78, 5) is 26.6. The minimum Gasteiger partial charge on any atom is -0.352 e. The Morgan fingerprint density at radius 2 is 1.84 bits per heavy atom. The molecule has 1 atom stereocenters. The molecule has 5 nitrogen and oxygen atoms in total. The van der Waals surface area contributed by atoms with Gasteiger partial charge in [-0.15, -0.1) is 12.4 Å². The van der Waals surface area contributed by atoms with Crippen molar-refractivity contribution in [1.82, 2.24) is 15.5 Å². The van der Waals surface area contributed by atoms with E-state index in [9.17, 15) is 9.59 Å². The molecule has 1 unspecified atom stereocenters. The summed E-state index contributed by atoms with van der Waals surface area (Å²) in [5.41, 5.74) is 1.11. The fourth-order valence-electron chi connectivity index (χ4n) is 3.59. The number of nitrogens with zero attached hydrogens (tertiary/aromatic N) is 1. The Morgan fingerprint density at radius 3 is 2.48 bits per heavy atom. The Kier molecular flexibility index (Phi) is 7.72. The highest BCUT2D eigenvalue weighted by Gasteiger charge is 2.28. The summed E-state index contributed by atoms with van der Waals surface area (Å²) in [6, 6.07) is 10.3. The van der Waals surface area contributed by atoms with Gasteiger partial charge in [-0.05, 0) is 37.8 Å². The zero-order valence-electron chi connectivity index (χ0n) is 14.6. The number of rotatable bonds is 5. The molecular weight excluding hydrogens is 338 g/mol. The fourth-order valence-corrected chi connectivity index (χ4v) is 3.59. The van der Waals surface area contributed by atoms with Crippen molar-refractivity contribution in [2.45, 2.75) is 44.7 Å². The van der Waals surface area contributed by atoms with Crippen LogP contribution in [0, 0.1) is 5.92 Å². The lowest BCUT2D eigenvalue weighted by Gasteiger charge is -2.32. The van der Waals surface area contributed by atoms with Crippen LogP contribution in [0.5, 0.6) is 0 Å². The highest BCUT2D eigenvalue weighted by Crippen LogP contribution is 2.19. The number of piperidine rings is 1. The summed E-state index contributed by atoms with van der Waals surface area (Å²) in [5, 5.41) is 6.39. The smallest absolute Gasteiger partial charge is 0.224 e. The summed E-state index contributed by atoms with van der Waals surface area (Å²) in [6.45, 7) is 3.01. The van der Waals surface area contributed by atoms with Crippen molar-refractivity contribution in [3.05, 3.63) is 35.9 Å². The van der Waals surface area contributed by atoms with Crippen LogP contribution in [-0.2, 0) is 16.1 Å². The molecular formula is C19H28ClN3O2. The molecule has 2 saturated heterocycles. The van der Waals surface area contributed by atoms with E-state index in [1.165, 1.54) is 6.42 Å². The average molecular weight is 366 g/mol. The lowest BCUT2D eigenvalue weighted by Crippen LogP contribution is -2.44. The third-order valence-electron chi connectivity index (χ3n) is 5.11. The number of carbonyl (C=O) groups is 2. The Hall–Kier alpha value is -1.59. The molecule has 1 aromatic carbocycles. The van der Waals surface area contributed by atoms with Crippen LogP contribution in [0.3, 0.4) is 0 Å². The largest absolute Gasteiger partial charge is 0.352 e. The van der Waals surface area contributed by atoms with Gasteiger partial charge in [0.1, 0.15) is 0 Å². The zero-order chi connectivity index (χ0) is 16.8. The van der Waals surface area contributed by atoms with Crippen LogP contribution < -0.4 is 10.6 Å². The van der Waals surface area contributed by atoms with Crippen LogP contribution >= 0.6 is 12.4 Å².